The van der Waals surface area contributed by atoms with Crippen molar-refractivity contribution in [1.82, 2.24) is 0 Å². The lowest BCUT2D eigenvalue weighted by molar-refractivity contribution is -0.152. The van der Waals surface area contributed by atoms with Crippen LogP contribution < -0.4 is 0 Å². The van der Waals surface area contributed by atoms with Crippen LogP contribution in [0.5, 0.6) is 0 Å². The molecule has 3 rings (SSSR count). The Labute approximate surface area is 175 Å². The van der Waals surface area contributed by atoms with E-state index in [-0.39, 0.29) is 10.8 Å². The molecule has 29 heavy (non-hydrogen) atoms. The molecule has 1 saturated carbocycles. The summed E-state index contributed by atoms with van der Waals surface area (Å²) in [4.78, 5) is 11.5. The van der Waals surface area contributed by atoms with Crippen molar-refractivity contribution in [3.63, 3.8) is 0 Å². The highest BCUT2D eigenvalue weighted by Gasteiger charge is 2.50. The van der Waals surface area contributed by atoms with Crippen LogP contribution in [0.3, 0.4) is 0 Å². The number of esters is 1. The molecule has 6 atom stereocenters. The quantitative estimate of drug-likeness (QED) is 0.461. The molecule has 1 heterocycles. The minimum Gasteiger partial charge on any atom is -0.429 e. The minimum absolute atomic E-state index is 0.0501. The topological polar surface area (TPSA) is 66.8 Å². The number of allylic oxidation sites excluding steroid dienone is 3. The Hall–Kier alpha value is -1.39. The van der Waals surface area contributed by atoms with E-state index in [1.807, 2.05) is 0 Å². The fourth-order valence-corrected chi connectivity index (χ4v) is 6.04. The van der Waals surface area contributed by atoms with Crippen molar-refractivity contribution >= 4 is 5.97 Å². The van der Waals surface area contributed by atoms with Gasteiger partial charge >= 0.3 is 5.97 Å². The van der Waals surface area contributed by atoms with Crippen LogP contribution in [0.1, 0.15) is 79.1 Å². The molecule has 0 amide bonds. The van der Waals surface area contributed by atoms with E-state index >= 15 is 0 Å². The van der Waals surface area contributed by atoms with E-state index < -0.39 is 18.4 Å². The van der Waals surface area contributed by atoms with Crippen molar-refractivity contribution in [2.45, 2.75) is 91.5 Å². The molecule has 1 fully saturated rings. The van der Waals surface area contributed by atoms with E-state index in [2.05, 4.69) is 40.3 Å². The number of carbonyl (C=O) groups is 1. The lowest BCUT2D eigenvalue weighted by Crippen LogP contribution is -2.45. The van der Waals surface area contributed by atoms with Crippen LogP contribution in [0.2, 0.25) is 0 Å². The van der Waals surface area contributed by atoms with Crippen LogP contribution in [-0.4, -0.2) is 28.6 Å². The molecule has 0 aromatic heterocycles. The Kier molecular flexibility index (Phi) is 6.45. The zero-order valence-corrected chi connectivity index (χ0v) is 18.5. The molecule has 0 saturated heterocycles. The standard InChI is InChI=1S/C25H38O4/c1-16(2)8-6-13-25(5)17(3)10-11-19-20(25)9-7-12-24(19,4)15-21(26)18-14-22(27)29-23(18)28/h9,14,17,19,21,23,26,28H,1,6-8,10-13,15H2,2-5H3/t17-,19+,21+,23?,24-,25+/m1/s1. The van der Waals surface area contributed by atoms with Crippen molar-refractivity contribution in [3.8, 4) is 0 Å². The zero-order chi connectivity index (χ0) is 21.4. The number of cyclic esters (lactones) is 1. The smallest absolute Gasteiger partial charge is 0.333 e. The summed E-state index contributed by atoms with van der Waals surface area (Å²) in [5.41, 5.74) is 3.27. The summed E-state index contributed by atoms with van der Waals surface area (Å²) in [6.07, 6.45) is 9.92. The van der Waals surface area contributed by atoms with Gasteiger partial charge in [0.1, 0.15) is 0 Å². The maximum absolute atomic E-state index is 11.5. The van der Waals surface area contributed by atoms with Crippen LogP contribution in [0, 0.1) is 22.7 Å². The van der Waals surface area contributed by atoms with Crippen LogP contribution in [0.4, 0.5) is 0 Å². The second kappa shape index (κ2) is 8.39. The molecule has 4 nitrogen and oxygen atoms in total. The van der Waals surface area contributed by atoms with Gasteiger partial charge in [-0.25, -0.2) is 4.79 Å². The summed E-state index contributed by atoms with van der Waals surface area (Å²) in [7, 11) is 0. The first-order valence-corrected chi connectivity index (χ1v) is 11.2. The van der Waals surface area contributed by atoms with E-state index in [1.165, 1.54) is 24.5 Å². The summed E-state index contributed by atoms with van der Waals surface area (Å²) in [5, 5.41) is 20.8. The first kappa shape index (κ1) is 22.3. The predicted molar refractivity (Wildman–Crippen MR) is 115 cm³/mol. The third-order valence-electron chi connectivity index (χ3n) is 8.07. The molecular formula is C25H38O4. The highest BCUT2D eigenvalue weighted by Crippen LogP contribution is 2.59. The van der Waals surface area contributed by atoms with Crippen molar-refractivity contribution in [1.29, 1.82) is 0 Å². The number of ether oxygens (including phenoxy) is 1. The SMILES string of the molecule is C=C(C)CCC[C@]1(C)C2=CCC[C@](C)(C[C@H](O)C3=CC(=O)OC3O)[C@H]2CC[C@H]1C. The summed E-state index contributed by atoms with van der Waals surface area (Å²) >= 11 is 0. The fourth-order valence-electron chi connectivity index (χ4n) is 6.04. The van der Waals surface area contributed by atoms with Crippen LogP contribution in [0.15, 0.2) is 35.5 Å². The average molecular weight is 403 g/mol. The van der Waals surface area contributed by atoms with E-state index in [1.54, 1.807) is 5.57 Å². The Morgan fingerprint density at radius 2 is 2.10 bits per heavy atom. The minimum atomic E-state index is -1.31. The number of hydrogen-bond acceptors (Lipinski definition) is 4. The number of hydrogen-bond donors (Lipinski definition) is 2. The van der Waals surface area contributed by atoms with E-state index in [0.717, 1.165) is 32.1 Å². The van der Waals surface area contributed by atoms with E-state index in [4.69, 9.17) is 4.74 Å². The first-order chi connectivity index (χ1) is 13.6. The molecule has 3 aliphatic rings. The molecule has 4 heteroatoms. The monoisotopic (exact) mass is 402 g/mol. The van der Waals surface area contributed by atoms with Gasteiger partial charge in [-0.3, -0.25) is 0 Å². The Balaban J connectivity index is 1.79. The summed E-state index contributed by atoms with van der Waals surface area (Å²) in [6.45, 7) is 13.3. The molecule has 0 aromatic carbocycles. The maximum Gasteiger partial charge on any atom is 0.333 e. The Morgan fingerprint density at radius 1 is 1.38 bits per heavy atom. The average Bonchev–Trinajstić information content (AvgIpc) is 2.97. The number of carbonyl (C=O) groups excluding carboxylic acids is 1. The molecule has 2 aliphatic carbocycles. The third kappa shape index (κ3) is 4.39. The highest BCUT2D eigenvalue weighted by molar-refractivity contribution is 5.85. The first-order valence-electron chi connectivity index (χ1n) is 11.2. The van der Waals surface area contributed by atoms with Gasteiger partial charge in [0.25, 0.3) is 0 Å². The summed E-state index contributed by atoms with van der Waals surface area (Å²) in [6, 6.07) is 0. The predicted octanol–water partition coefficient (Wildman–Crippen LogP) is 5.06. The van der Waals surface area contributed by atoms with Gasteiger partial charge in [0, 0.05) is 11.6 Å². The molecule has 0 aromatic rings. The van der Waals surface area contributed by atoms with Gasteiger partial charge in [-0.15, -0.1) is 6.58 Å². The van der Waals surface area contributed by atoms with Gasteiger partial charge in [0.2, 0.25) is 6.29 Å². The molecule has 162 valence electrons. The van der Waals surface area contributed by atoms with Crippen molar-refractivity contribution in [3.05, 3.63) is 35.5 Å². The summed E-state index contributed by atoms with van der Waals surface area (Å²) < 4.78 is 4.78. The number of fused-ring (bicyclic) bond motifs is 1. The Bertz CT molecular complexity index is 720. The van der Waals surface area contributed by atoms with E-state index in [0.29, 0.717) is 23.8 Å². The largest absolute Gasteiger partial charge is 0.429 e. The number of aliphatic hydroxyl groups excluding tert-OH is 2. The van der Waals surface area contributed by atoms with Crippen molar-refractivity contribution < 1.29 is 19.7 Å². The van der Waals surface area contributed by atoms with Gasteiger partial charge < -0.3 is 14.9 Å². The fraction of sp³-hybridized carbons (Fsp3) is 0.720. The molecule has 1 unspecified atom stereocenters. The molecule has 2 N–H and O–H groups in total. The number of rotatable bonds is 7. The van der Waals surface area contributed by atoms with Crippen molar-refractivity contribution in [2.24, 2.45) is 22.7 Å². The van der Waals surface area contributed by atoms with Crippen LogP contribution in [-0.2, 0) is 9.53 Å². The highest BCUT2D eigenvalue weighted by atomic mass is 16.6. The molecule has 1 aliphatic heterocycles. The second-order valence-corrected chi connectivity index (χ2v) is 10.3. The lowest BCUT2D eigenvalue weighted by Gasteiger charge is -2.54. The molecular weight excluding hydrogens is 364 g/mol. The van der Waals surface area contributed by atoms with E-state index in [9.17, 15) is 15.0 Å². The Morgan fingerprint density at radius 3 is 2.72 bits per heavy atom. The third-order valence-corrected chi connectivity index (χ3v) is 8.07. The molecule has 0 bridgehead atoms. The van der Waals surface area contributed by atoms with Crippen molar-refractivity contribution in [2.75, 3.05) is 0 Å². The van der Waals surface area contributed by atoms with Gasteiger partial charge in [-0.2, -0.15) is 0 Å². The van der Waals surface area contributed by atoms with Gasteiger partial charge in [-0.05, 0) is 81.0 Å². The van der Waals surface area contributed by atoms with Crippen LogP contribution >= 0.6 is 0 Å². The van der Waals surface area contributed by atoms with Gasteiger partial charge in [0.15, 0.2) is 0 Å². The second-order valence-electron chi connectivity index (χ2n) is 10.3. The lowest BCUT2D eigenvalue weighted by atomic mass is 9.50. The molecule has 0 spiro atoms. The van der Waals surface area contributed by atoms with Gasteiger partial charge in [0.05, 0.1) is 6.10 Å². The van der Waals surface area contributed by atoms with Crippen LogP contribution in [0.25, 0.3) is 0 Å². The normalized spacial score (nSPS) is 38.0. The van der Waals surface area contributed by atoms with Gasteiger partial charge in [-0.1, -0.05) is 38.0 Å². The maximum atomic E-state index is 11.5. The number of aliphatic hydroxyl groups is 2. The zero-order valence-electron chi connectivity index (χ0n) is 18.5. The molecule has 0 radical (unpaired) electrons. The summed E-state index contributed by atoms with van der Waals surface area (Å²) in [5.74, 6) is 0.512.